The van der Waals surface area contributed by atoms with Crippen molar-refractivity contribution in [3.8, 4) is 5.75 Å². The Bertz CT molecular complexity index is 1210. The molecule has 1 heterocycles. The Morgan fingerprint density at radius 3 is 2.00 bits per heavy atom. The highest BCUT2D eigenvalue weighted by atomic mass is 16.5. The standard InChI is InChI=1S/C24H21N7O3/c32-21(33)16-34-20-13-7-8-17(14-20)15-25-31-24-29-22(26-18-9-3-1-4-10-18)28-23(30-24)27-19-11-5-2-6-12-19/h1-15H,16H2,(H,32,33)(H3,26,27,28,29,30,31)/b25-15+. The number of hydrogen-bond acceptors (Lipinski definition) is 9. The lowest BCUT2D eigenvalue weighted by atomic mass is 10.2. The fraction of sp³-hybridized carbons (Fsp3) is 0.0417. The molecule has 0 aliphatic heterocycles. The van der Waals surface area contributed by atoms with Gasteiger partial charge in [0.1, 0.15) is 5.75 Å². The summed E-state index contributed by atoms with van der Waals surface area (Å²) in [7, 11) is 0. The van der Waals surface area contributed by atoms with Crippen molar-refractivity contribution in [2.75, 3.05) is 22.7 Å². The van der Waals surface area contributed by atoms with Crippen molar-refractivity contribution in [3.63, 3.8) is 0 Å². The zero-order valence-corrected chi connectivity index (χ0v) is 17.9. The number of aromatic nitrogens is 3. The highest BCUT2D eigenvalue weighted by Gasteiger charge is 2.07. The normalized spacial score (nSPS) is 10.6. The van der Waals surface area contributed by atoms with Crippen LogP contribution in [-0.2, 0) is 4.79 Å². The number of anilines is 5. The lowest BCUT2D eigenvalue weighted by Gasteiger charge is -2.10. The first-order valence-corrected chi connectivity index (χ1v) is 10.3. The van der Waals surface area contributed by atoms with Gasteiger partial charge in [-0.2, -0.15) is 20.1 Å². The van der Waals surface area contributed by atoms with E-state index in [4.69, 9.17) is 9.84 Å². The Morgan fingerprint density at radius 2 is 1.41 bits per heavy atom. The van der Waals surface area contributed by atoms with Crippen molar-refractivity contribution in [2.45, 2.75) is 0 Å². The summed E-state index contributed by atoms with van der Waals surface area (Å²) < 4.78 is 5.19. The van der Waals surface area contributed by atoms with Gasteiger partial charge in [0.15, 0.2) is 6.61 Å². The third-order valence-electron chi connectivity index (χ3n) is 4.29. The van der Waals surface area contributed by atoms with Crippen LogP contribution in [0, 0.1) is 0 Å². The third kappa shape index (κ3) is 6.76. The maximum Gasteiger partial charge on any atom is 0.341 e. The number of carbonyl (C=O) groups is 1. The van der Waals surface area contributed by atoms with Crippen molar-refractivity contribution in [1.29, 1.82) is 0 Å². The Labute approximate surface area is 195 Å². The van der Waals surface area contributed by atoms with Crippen LogP contribution >= 0.6 is 0 Å². The molecule has 0 radical (unpaired) electrons. The van der Waals surface area contributed by atoms with Crippen molar-refractivity contribution >= 4 is 41.4 Å². The van der Waals surface area contributed by atoms with Gasteiger partial charge in [-0.15, -0.1) is 0 Å². The molecule has 0 bridgehead atoms. The van der Waals surface area contributed by atoms with Gasteiger partial charge in [-0.3, -0.25) is 0 Å². The largest absolute Gasteiger partial charge is 0.482 e. The second-order valence-corrected chi connectivity index (χ2v) is 6.91. The van der Waals surface area contributed by atoms with Gasteiger partial charge in [0.2, 0.25) is 17.8 Å². The minimum absolute atomic E-state index is 0.224. The van der Waals surface area contributed by atoms with Crippen LogP contribution in [0.5, 0.6) is 5.75 Å². The molecule has 0 amide bonds. The molecule has 0 saturated heterocycles. The zero-order chi connectivity index (χ0) is 23.6. The van der Waals surface area contributed by atoms with Crippen molar-refractivity contribution < 1.29 is 14.6 Å². The Hall–Kier alpha value is -4.99. The second kappa shape index (κ2) is 11.0. The van der Waals surface area contributed by atoms with Crippen molar-refractivity contribution in [3.05, 3.63) is 90.5 Å². The van der Waals surface area contributed by atoms with E-state index in [1.165, 1.54) is 0 Å². The lowest BCUT2D eigenvalue weighted by Crippen LogP contribution is -2.09. The van der Waals surface area contributed by atoms with E-state index < -0.39 is 12.6 Å². The number of carboxylic acid groups (broad SMARTS) is 1. The van der Waals surface area contributed by atoms with Crippen LogP contribution in [0.3, 0.4) is 0 Å². The first kappa shape index (κ1) is 22.2. The highest BCUT2D eigenvalue weighted by molar-refractivity contribution is 5.80. The fourth-order valence-electron chi connectivity index (χ4n) is 2.83. The molecule has 10 heteroatoms. The first-order chi connectivity index (χ1) is 16.6. The van der Waals surface area contributed by atoms with Gasteiger partial charge in [0.25, 0.3) is 0 Å². The van der Waals surface area contributed by atoms with Gasteiger partial charge in [0.05, 0.1) is 6.21 Å². The number of ether oxygens (including phenoxy) is 1. The quantitative estimate of drug-likeness (QED) is 0.204. The summed E-state index contributed by atoms with van der Waals surface area (Å²) in [5, 5.41) is 19.2. The number of nitrogens with zero attached hydrogens (tertiary/aromatic N) is 4. The minimum Gasteiger partial charge on any atom is -0.482 e. The molecule has 0 atom stereocenters. The maximum atomic E-state index is 10.7. The number of para-hydroxylation sites is 2. The molecule has 170 valence electrons. The molecule has 0 unspecified atom stereocenters. The number of carboxylic acids is 1. The molecule has 0 saturated carbocycles. The summed E-state index contributed by atoms with van der Waals surface area (Å²) in [5.41, 5.74) is 5.16. The molecule has 4 rings (SSSR count). The molecule has 4 aromatic rings. The van der Waals surface area contributed by atoms with Crippen LogP contribution in [0.2, 0.25) is 0 Å². The van der Waals surface area contributed by atoms with Gasteiger partial charge in [-0.05, 0) is 42.0 Å². The Balaban J connectivity index is 1.51. The van der Waals surface area contributed by atoms with E-state index in [-0.39, 0.29) is 5.95 Å². The van der Waals surface area contributed by atoms with Crippen LogP contribution in [0.15, 0.2) is 90.0 Å². The Kier molecular flexibility index (Phi) is 7.22. The fourth-order valence-corrected chi connectivity index (χ4v) is 2.83. The van der Waals surface area contributed by atoms with E-state index in [0.717, 1.165) is 11.4 Å². The van der Waals surface area contributed by atoms with Gasteiger partial charge in [-0.1, -0.05) is 48.5 Å². The molecule has 0 aliphatic rings. The van der Waals surface area contributed by atoms with Crippen molar-refractivity contribution in [2.24, 2.45) is 5.10 Å². The topological polar surface area (TPSA) is 134 Å². The SMILES string of the molecule is O=C(O)COc1cccc(/C=N/Nc2nc(Nc3ccccc3)nc(Nc3ccccc3)n2)c1. The number of hydrazone groups is 1. The van der Waals surface area contributed by atoms with Crippen LogP contribution < -0.4 is 20.8 Å². The molecular weight excluding hydrogens is 434 g/mol. The summed E-state index contributed by atoms with van der Waals surface area (Å²) in [5.74, 6) is 0.273. The molecule has 4 N–H and O–H groups in total. The van der Waals surface area contributed by atoms with Gasteiger partial charge < -0.3 is 20.5 Å². The number of benzene rings is 3. The lowest BCUT2D eigenvalue weighted by molar-refractivity contribution is -0.139. The molecular formula is C24H21N7O3. The second-order valence-electron chi connectivity index (χ2n) is 6.91. The molecule has 0 fully saturated rings. The van der Waals surface area contributed by atoms with Crippen LogP contribution in [0.1, 0.15) is 5.56 Å². The Morgan fingerprint density at radius 1 is 0.824 bits per heavy atom. The molecule has 34 heavy (non-hydrogen) atoms. The minimum atomic E-state index is -1.05. The van der Waals surface area contributed by atoms with E-state index >= 15 is 0 Å². The van der Waals surface area contributed by atoms with E-state index in [1.807, 2.05) is 60.7 Å². The van der Waals surface area contributed by atoms with E-state index in [9.17, 15) is 4.79 Å². The summed E-state index contributed by atoms with van der Waals surface area (Å²) in [4.78, 5) is 23.9. The summed E-state index contributed by atoms with van der Waals surface area (Å²) in [6, 6.07) is 26.0. The van der Waals surface area contributed by atoms with Crippen LogP contribution in [0.4, 0.5) is 29.2 Å². The predicted octanol–water partition coefficient (Wildman–Crippen LogP) is 4.27. The summed E-state index contributed by atoms with van der Waals surface area (Å²) >= 11 is 0. The number of aliphatic carboxylic acids is 1. The summed E-state index contributed by atoms with van der Waals surface area (Å²) in [6.45, 7) is -0.419. The van der Waals surface area contributed by atoms with Gasteiger partial charge >= 0.3 is 5.97 Å². The molecule has 1 aromatic heterocycles. The maximum absolute atomic E-state index is 10.7. The van der Waals surface area contributed by atoms with Crippen molar-refractivity contribution in [1.82, 2.24) is 15.0 Å². The monoisotopic (exact) mass is 455 g/mol. The van der Waals surface area contributed by atoms with Crippen LogP contribution in [0.25, 0.3) is 0 Å². The highest BCUT2D eigenvalue weighted by Crippen LogP contribution is 2.18. The molecule has 3 aromatic carbocycles. The molecule has 0 spiro atoms. The molecule has 10 nitrogen and oxygen atoms in total. The average molecular weight is 455 g/mol. The average Bonchev–Trinajstić information content (AvgIpc) is 2.84. The first-order valence-electron chi connectivity index (χ1n) is 10.3. The van der Waals surface area contributed by atoms with E-state index in [0.29, 0.717) is 23.2 Å². The van der Waals surface area contributed by atoms with E-state index in [1.54, 1.807) is 30.5 Å². The van der Waals surface area contributed by atoms with Gasteiger partial charge in [0, 0.05) is 11.4 Å². The van der Waals surface area contributed by atoms with Gasteiger partial charge in [-0.25, -0.2) is 10.2 Å². The van der Waals surface area contributed by atoms with E-state index in [2.05, 4.69) is 36.1 Å². The van der Waals surface area contributed by atoms with Crippen LogP contribution in [-0.4, -0.2) is 38.8 Å². The zero-order valence-electron chi connectivity index (χ0n) is 17.9. The smallest absolute Gasteiger partial charge is 0.341 e. The summed E-state index contributed by atoms with van der Waals surface area (Å²) in [6.07, 6.45) is 1.55. The third-order valence-corrected chi connectivity index (χ3v) is 4.29. The number of hydrogen-bond donors (Lipinski definition) is 4. The molecule has 0 aliphatic carbocycles. The number of rotatable bonds is 10. The predicted molar refractivity (Wildman–Crippen MR) is 130 cm³/mol. The number of nitrogens with one attached hydrogen (secondary N) is 3.